The smallest absolute Gasteiger partial charge is 0.245 e. The van der Waals surface area contributed by atoms with E-state index in [2.05, 4.69) is 15.1 Å². The van der Waals surface area contributed by atoms with Gasteiger partial charge in [0.2, 0.25) is 5.91 Å². The summed E-state index contributed by atoms with van der Waals surface area (Å²) in [6, 6.07) is -0.00582. The fourth-order valence-corrected chi connectivity index (χ4v) is 3.13. The summed E-state index contributed by atoms with van der Waals surface area (Å²) in [5.74, 6) is 1.84. The van der Waals surface area contributed by atoms with Gasteiger partial charge in [0, 0.05) is 25.5 Å². The molecule has 1 amide bonds. The third-order valence-electron chi connectivity index (χ3n) is 4.29. The van der Waals surface area contributed by atoms with Crippen LogP contribution in [-0.4, -0.2) is 48.2 Å². The summed E-state index contributed by atoms with van der Waals surface area (Å²) in [5, 5.41) is 4.47. The van der Waals surface area contributed by atoms with E-state index in [9.17, 15) is 4.79 Å². The zero-order valence-electron chi connectivity index (χ0n) is 13.3. The second kappa shape index (κ2) is 5.90. The maximum Gasteiger partial charge on any atom is 0.245 e. The largest absolute Gasteiger partial charge is 0.339 e. The third-order valence-corrected chi connectivity index (χ3v) is 4.29. The van der Waals surface area contributed by atoms with Crippen LogP contribution >= 0.6 is 0 Å². The molecule has 2 unspecified atom stereocenters. The van der Waals surface area contributed by atoms with Gasteiger partial charge in [0.15, 0.2) is 0 Å². The molecule has 0 saturated carbocycles. The van der Waals surface area contributed by atoms with Crippen LogP contribution in [0.1, 0.15) is 43.5 Å². The fraction of sp³-hybridized carbons (Fsp3) is 0.600. The van der Waals surface area contributed by atoms with E-state index in [-0.39, 0.29) is 18.0 Å². The molecule has 0 spiro atoms. The molecule has 2 aromatic rings. The molecule has 1 aliphatic heterocycles. The first kappa shape index (κ1) is 14.7. The Morgan fingerprint density at radius 2 is 2.23 bits per heavy atom. The van der Waals surface area contributed by atoms with Gasteiger partial charge in [-0.15, -0.1) is 0 Å². The van der Waals surface area contributed by atoms with Crippen molar-refractivity contribution in [1.82, 2.24) is 29.2 Å². The van der Waals surface area contributed by atoms with E-state index in [1.807, 2.05) is 41.1 Å². The van der Waals surface area contributed by atoms with Crippen molar-refractivity contribution in [2.75, 3.05) is 13.1 Å². The van der Waals surface area contributed by atoms with Crippen LogP contribution in [0.4, 0.5) is 0 Å². The normalized spacial score (nSPS) is 20.1. The summed E-state index contributed by atoms with van der Waals surface area (Å²) in [5.41, 5.74) is 0. The van der Waals surface area contributed by atoms with Crippen LogP contribution in [0.3, 0.4) is 0 Å². The zero-order valence-corrected chi connectivity index (χ0v) is 13.3. The number of carbonyl (C=O) groups is 1. The van der Waals surface area contributed by atoms with Gasteiger partial charge in [-0.05, 0) is 33.6 Å². The van der Waals surface area contributed by atoms with Crippen LogP contribution in [0.2, 0.25) is 0 Å². The first-order chi connectivity index (χ1) is 10.6. The molecule has 1 aliphatic rings. The summed E-state index contributed by atoms with van der Waals surface area (Å²) < 4.78 is 3.81. The summed E-state index contributed by atoms with van der Waals surface area (Å²) in [4.78, 5) is 23.0. The maximum atomic E-state index is 12.7. The molecular weight excluding hydrogens is 280 g/mol. The van der Waals surface area contributed by atoms with Crippen LogP contribution < -0.4 is 0 Å². The zero-order chi connectivity index (χ0) is 15.7. The Balaban J connectivity index is 1.73. The van der Waals surface area contributed by atoms with Crippen LogP contribution in [0, 0.1) is 13.8 Å². The average Bonchev–Trinajstić information content (AvgIpc) is 3.15. The Morgan fingerprint density at radius 3 is 2.86 bits per heavy atom. The molecule has 7 heteroatoms. The lowest BCUT2D eigenvalue weighted by Crippen LogP contribution is -2.43. The first-order valence-corrected chi connectivity index (χ1v) is 7.72. The molecule has 2 aromatic heterocycles. The molecule has 1 fully saturated rings. The molecule has 0 N–H and O–H groups in total. The number of likely N-dealkylation sites (tertiary alicyclic amines) is 1. The highest BCUT2D eigenvalue weighted by atomic mass is 16.2. The van der Waals surface area contributed by atoms with E-state index in [0.29, 0.717) is 6.54 Å². The predicted octanol–water partition coefficient (Wildman–Crippen LogP) is 1.52. The fourth-order valence-electron chi connectivity index (χ4n) is 3.13. The van der Waals surface area contributed by atoms with Crippen molar-refractivity contribution >= 4 is 5.91 Å². The number of hydrogen-bond acceptors (Lipinski definition) is 4. The molecule has 7 nitrogen and oxygen atoms in total. The summed E-state index contributed by atoms with van der Waals surface area (Å²) in [6.07, 6.45) is 7.24. The second-order valence-electron chi connectivity index (χ2n) is 5.92. The lowest BCUT2D eigenvalue weighted by Gasteiger charge is -2.34. The Morgan fingerprint density at radius 1 is 1.41 bits per heavy atom. The number of amides is 1. The van der Waals surface area contributed by atoms with Crippen molar-refractivity contribution in [3.8, 4) is 0 Å². The van der Waals surface area contributed by atoms with Crippen LogP contribution in [-0.2, 0) is 4.79 Å². The summed E-state index contributed by atoms with van der Waals surface area (Å²) in [6.45, 7) is 7.28. The minimum atomic E-state index is -0.222. The molecule has 1 saturated heterocycles. The molecule has 0 bridgehead atoms. The standard InChI is InChI=1S/C15H22N6O/c1-11(20-8-6-16-10-20)15(22)19-7-4-5-14(9-19)21-13(3)17-12(2)18-21/h6,8,10-11,14H,4-5,7,9H2,1-3H3. The van der Waals surface area contributed by atoms with Gasteiger partial charge in [-0.3, -0.25) is 4.79 Å². The predicted molar refractivity (Wildman–Crippen MR) is 81.3 cm³/mol. The molecule has 0 aliphatic carbocycles. The van der Waals surface area contributed by atoms with Gasteiger partial charge in [-0.1, -0.05) is 0 Å². The quantitative estimate of drug-likeness (QED) is 0.862. The van der Waals surface area contributed by atoms with E-state index < -0.39 is 0 Å². The summed E-state index contributed by atoms with van der Waals surface area (Å²) in [7, 11) is 0. The molecule has 3 heterocycles. The Labute approximate surface area is 130 Å². The number of aryl methyl sites for hydroxylation is 2. The Bertz CT molecular complexity index is 647. The number of hydrogen-bond donors (Lipinski definition) is 0. The van der Waals surface area contributed by atoms with Gasteiger partial charge in [-0.2, -0.15) is 5.10 Å². The third kappa shape index (κ3) is 2.75. The van der Waals surface area contributed by atoms with Gasteiger partial charge in [0.1, 0.15) is 17.7 Å². The maximum absolute atomic E-state index is 12.7. The minimum Gasteiger partial charge on any atom is -0.339 e. The molecule has 2 atom stereocenters. The Hall–Kier alpha value is -2.18. The van der Waals surface area contributed by atoms with Crippen molar-refractivity contribution in [2.45, 2.75) is 45.7 Å². The SMILES string of the molecule is Cc1nc(C)n(C2CCCN(C(=O)C(C)n3ccnc3)C2)n1. The average molecular weight is 302 g/mol. The van der Waals surface area contributed by atoms with Crippen molar-refractivity contribution in [1.29, 1.82) is 0 Å². The van der Waals surface area contributed by atoms with Crippen molar-refractivity contribution in [3.05, 3.63) is 30.4 Å². The lowest BCUT2D eigenvalue weighted by molar-refractivity contribution is -0.136. The molecular formula is C15H22N6O. The number of piperidine rings is 1. The number of rotatable bonds is 3. The van der Waals surface area contributed by atoms with Crippen LogP contribution in [0.25, 0.3) is 0 Å². The monoisotopic (exact) mass is 302 g/mol. The molecule has 0 aromatic carbocycles. The van der Waals surface area contributed by atoms with Crippen molar-refractivity contribution in [3.63, 3.8) is 0 Å². The highest BCUT2D eigenvalue weighted by molar-refractivity contribution is 5.80. The van der Waals surface area contributed by atoms with E-state index in [4.69, 9.17) is 0 Å². The van der Waals surface area contributed by atoms with Gasteiger partial charge >= 0.3 is 0 Å². The van der Waals surface area contributed by atoms with E-state index in [0.717, 1.165) is 31.0 Å². The Kier molecular flexibility index (Phi) is 3.96. The van der Waals surface area contributed by atoms with Gasteiger partial charge in [0.25, 0.3) is 0 Å². The van der Waals surface area contributed by atoms with Crippen molar-refractivity contribution < 1.29 is 4.79 Å². The van der Waals surface area contributed by atoms with E-state index >= 15 is 0 Å². The van der Waals surface area contributed by atoms with Crippen molar-refractivity contribution in [2.24, 2.45) is 0 Å². The summed E-state index contributed by atoms with van der Waals surface area (Å²) >= 11 is 0. The number of carbonyl (C=O) groups excluding carboxylic acids is 1. The van der Waals surface area contributed by atoms with E-state index in [1.54, 1.807) is 12.5 Å². The highest BCUT2D eigenvalue weighted by Crippen LogP contribution is 2.24. The highest BCUT2D eigenvalue weighted by Gasteiger charge is 2.29. The molecule has 118 valence electrons. The van der Waals surface area contributed by atoms with E-state index in [1.165, 1.54) is 0 Å². The van der Waals surface area contributed by atoms with Gasteiger partial charge in [0.05, 0.1) is 12.4 Å². The molecule has 22 heavy (non-hydrogen) atoms. The molecule has 0 radical (unpaired) electrons. The number of imidazole rings is 1. The number of nitrogens with zero attached hydrogens (tertiary/aromatic N) is 6. The lowest BCUT2D eigenvalue weighted by atomic mass is 10.0. The topological polar surface area (TPSA) is 68.8 Å². The molecule has 3 rings (SSSR count). The minimum absolute atomic E-state index is 0.136. The first-order valence-electron chi connectivity index (χ1n) is 7.72. The van der Waals surface area contributed by atoms with Crippen LogP contribution in [0.15, 0.2) is 18.7 Å². The van der Waals surface area contributed by atoms with Gasteiger partial charge in [-0.25, -0.2) is 14.6 Å². The number of aromatic nitrogens is 5. The van der Waals surface area contributed by atoms with Crippen LogP contribution in [0.5, 0.6) is 0 Å². The second-order valence-corrected chi connectivity index (χ2v) is 5.92. The van der Waals surface area contributed by atoms with Gasteiger partial charge < -0.3 is 9.47 Å².